The number of carbonyl (C=O) groups is 1. The van der Waals surface area contributed by atoms with Gasteiger partial charge in [-0.3, -0.25) is 4.68 Å². The van der Waals surface area contributed by atoms with E-state index in [9.17, 15) is 4.79 Å². The van der Waals surface area contributed by atoms with Gasteiger partial charge in [-0.15, -0.1) is 0 Å². The number of hydrogen-bond acceptors (Lipinski definition) is 4. The number of nitrogens with zero attached hydrogens (tertiary/aromatic N) is 3. The smallest absolute Gasteiger partial charge is 0.323 e. The van der Waals surface area contributed by atoms with E-state index in [1.165, 1.54) is 12.8 Å². The first-order valence-electron chi connectivity index (χ1n) is 7.38. The molecule has 0 spiro atoms. The Kier molecular flexibility index (Phi) is 4.22. The lowest BCUT2D eigenvalue weighted by molar-refractivity contribution is 0.201. The minimum absolute atomic E-state index is 0.278. The molecule has 2 heterocycles. The molecule has 3 rings (SSSR count). The van der Waals surface area contributed by atoms with Crippen LogP contribution in [0.5, 0.6) is 5.88 Å². The molecule has 0 radical (unpaired) electrons. The molecule has 2 N–H and O–H groups in total. The van der Waals surface area contributed by atoms with E-state index in [1.807, 2.05) is 0 Å². The predicted octanol–water partition coefficient (Wildman–Crippen LogP) is 2.78. The van der Waals surface area contributed by atoms with E-state index in [4.69, 9.17) is 4.74 Å². The summed E-state index contributed by atoms with van der Waals surface area (Å²) < 4.78 is 7.40. The fourth-order valence-corrected chi connectivity index (χ4v) is 2.48. The molecule has 1 fully saturated rings. The van der Waals surface area contributed by atoms with Crippen molar-refractivity contribution in [3.05, 3.63) is 30.7 Å². The summed E-state index contributed by atoms with van der Waals surface area (Å²) in [7, 11) is 1.79. The van der Waals surface area contributed by atoms with E-state index in [0.29, 0.717) is 17.3 Å². The van der Waals surface area contributed by atoms with Crippen molar-refractivity contribution in [3.63, 3.8) is 0 Å². The highest BCUT2D eigenvalue weighted by atomic mass is 16.5. The zero-order chi connectivity index (χ0) is 15.4. The molecule has 2 aromatic rings. The highest BCUT2D eigenvalue weighted by Crippen LogP contribution is 2.23. The van der Waals surface area contributed by atoms with E-state index in [1.54, 1.807) is 42.5 Å². The molecule has 7 heteroatoms. The Hall–Kier alpha value is -2.57. The second kappa shape index (κ2) is 6.46. The maximum Gasteiger partial charge on any atom is 0.323 e. The van der Waals surface area contributed by atoms with Gasteiger partial charge in [-0.2, -0.15) is 5.10 Å². The molecule has 116 valence electrons. The molecule has 0 saturated heterocycles. The van der Waals surface area contributed by atoms with Crippen LogP contribution in [0.4, 0.5) is 16.2 Å². The molecular formula is C15H19N5O2. The van der Waals surface area contributed by atoms with Crippen molar-refractivity contribution < 1.29 is 9.53 Å². The van der Waals surface area contributed by atoms with Crippen LogP contribution in [0, 0.1) is 0 Å². The zero-order valence-corrected chi connectivity index (χ0v) is 12.5. The topological polar surface area (TPSA) is 81.1 Å². The van der Waals surface area contributed by atoms with Crippen LogP contribution < -0.4 is 15.4 Å². The van der Waals surface area contributed by atoms with Crippen molar-refractivity contribution in [2.75, 3.05) is 10.6 Å². The molecule has 22 heavy (non-hydrogen) atoms. The minimum atomic E-state index is -0.334. The number of ether oxygens (including phenoxy) is 1. The SMILES string of the molecule is Cn1cc(NC(=O)Nc2ccc(OC3CCCC3)nc2)cn1. The summed E-state index contributed by atoms with van der Waals surface area (Å²) >= 11 is 0. The molecule has 0 bridgehead atoms. The fourth-order valence-electron chi connectivity index (χ4n) is 2.48. The van der Waals surface area contributed by atoms with Gasteiger partial charge in [0.15, 0.2) is 0 Å². The lowest BCUT2D eigenvalue weighted by Gasteiger charge is -2.12. The molecule has 1 aliphatic carbocycles. The summed E-state index contributed by atoms with van der Waals surface area (Å²) in [5.74, 6) is 0.602. The van der Waals surface area contributed by atoms with Gasteiger partial charge in [0.25, 0.3) is 0 Å². The number of rotatable bonds is 4. The molecule has 7 nitrogen and oxygen atoms in total. The van der Waals surface area contributed by atoms with Crippen LogP contribution in [-0.2, 0) is 7.05 Å². The van der Waals surface area contributed by atoms with Gasteiger partial charge in [0, 0.05) is 19.3 Å². The van der Waals surface area contributed by atoms with E-state index in [0.717, 1.165) is 12.8 Å². The third-order valence-electron chi connectivity index (χ3n) is 3.55. The first-order valence-corrected chi connectivity index (χ1v) is 7.38. The number of nitrogens with one attached hydrogen (secondary N) is 2. The van der Waals surface area contributed by atoms with Gasteiger partial charge < -0.3 is 15.4 Å². The lowest BCUT2D eigenvalue weighted by atomic mass is 10.3. The zero-order valence-electron chi connectivity index (χ0n) is 12.5. The highest BCUT2D eigenvalue weighted by molar-refractivity contribution is 5.99. The number of pyridine rings is 1. The number of hydrogen-bond donors (Lipinski definition) is 2. The Labute approximate surface area is 128 Å². The van der Waals surface area contributed by atoms with E-state index >= 15 is 0 Å². The number of anilines is 2. The van der Waals surface area contributed by atoms with E-state index in [2.05, 4.69) is 20.7 Å². The van der Waals surface area contributed by atoms with Crippen LogP contribution >= 0.6 is 0 Å². The van der Waals surface area contributed by atoms with Crippen LogP contribution in [0.1, 0.15) is 25.7 Å². The monoisotopic (exact) mass is 301 g/mol. The lowest BCUT2D eigenvalue weighted by Crippen LogP contribution is -2.19. The number of aryl methyl sites for hydroxylation is 1. The summed E-state index contributed by atoms with van der Waals surface area (Å²) in [5, 5.41) is 9.39. The van der Waals surface area contributed by atoms with Crippen molar-refractivity contribution in [3.8, 4) is 5.88 Å². The molecule has 2 aromatic heterocycles. The third-order valence-corrected chi connectivity index (χ3v) is 3.55. The Morgan fingerprint density at radius 1 is 1.23 bits per heavy atom. The number of aromatic nitrogens is 3. The summed E-state index contributed by atoms with van der Waals surface area (Å²) in [6.07, 6.45) is 9.79. The standard InChI is InChI=1S/C15H19N5O2/c1-20-10-12(9-17-20)19-15(21)18-11-6-7-14(16-8-11)22-13-4-2-3-5-13/h6-10,13H,2-5H2,1H3,(H2,18,19,21). The number of urea groups is 1. The van der Waals surface area contributed by atoms with E-state index in [-0.39, 0.29) is 12.1 Å². The van der Waals surface area contributed by atoms with Gasteiger partial charge in [-0.1, -0.05) is 0 Å². The van der Waals surface area contributed by atoms with E-state index < -0.39 is 0 Å². The van der Waals surface area contributed by atoms with Crippen molar-refractivity contribution in [1.82, 2.24) is 14.8 Å². The molecule has 0 aromatic carbocycles. The number of carbonyl (C=O) groups excluding carboxylic acids is 1. The molecule has 0 unspecified atom stereocenters. The normalized spacial score (nSPS) is 14.8. The van der Waals surface area contributed by atoms with Gasteiger partial charge >= 0.3 is 6.03 Å². The highest BCUT2D eigenvalue weighted by Gasteiger charge is 2.16. The molecule has 0 atom stereocenters. The van der Waals surface area contributed by atoms with Gasteiger partial charge in [0.1, 0.15) is 6.10 Å². The summed E-state index contributed by atoms with van der Waals surface area (Å²) in [6, 6.07) is 3.22. The summed E-state index contributed by atoms with van der Waals surface area (Å²) in [4.78, 5) is 16.1. The average Bonchev–Trinajstić information content (AvgIpc) is 3.13. The van der Waals surface area contributed by atoms with Crippen LogP contribution in [0.15, 0.2) is 30.7 Å². The van der Waals surface area contributed by atoms with Crippen LogP contribution in [0.2, 0.25) is 0 Å². The van der Waals surface area contributed by atoms with Crippen molar-refractivity contribution in [1.29, 1.82) is 0 Å². The molecule has 1 saturated carbocycles. The van der Waals surface area contributed by atoms with Gasteiger partial charge in [0.2, 0.25) is 5.88 Å². The van der Waals surface area contributed by atoms with Crippen molar-refractivity contribution >= 4 is 17.4 Å². The summed E-state index contributed by atoms with van der Waals surface area (Å²) in [6.45, 7) is 0. The maximum absolute atomic E-state index is 11.8. The van der Waals surface area contributed by atoms with Crippen LogP contribution in [-0.4, -0.2) is 26.9 Å². The Morgan fingerprint density at radius 3 is 2.64 bits per heavy atom. The predicted molar refractivity (Wildman–Crippen MR) is 83.0 cm³/mol. The maximum atomic E-state index is 11.8. The first-order chi connectivity index (χ1) is 10.7. The molecule has 1 aliphatic rings. The van der Waals surface area contributed by atoms with Crippen LogP contribution in [0.3, 0.4) is 0 Å². The average molecular weight is 301 g/mol. The largest absolute Gasteiger partial charge is 0.474 e. The minimum Gasteiger partial charge on any atom is -0.474 e. The van der Waals surface area contributed by atoms with Crippen molar-refractivity contribution in [2.45, 2.75) is 31.8 Å². The first kappa shape index (κ1) is 14.4. The Bertz CT molecular complexity index is 632. The van der Waals surface area contributed by atoms with Crippen LogP contribution in [0.25, 0.3) is 0 Å². The Balaban J connectivity index is 1.52. The fraction of sp³-hybridized carbons (Fsp3) is 0.400. The van der Waals surface area contributed by atoms with Crippen molar-refractivity contribution in [2.24, 2.45) is 7.05 Å². The number of amides is 2. The summed E-state index contributed by atoms with van der Waals surface area (Å²) in [5.41, 5.74) is 1.24. The second-order valence-electron chi connectivity index (χ2n) is 5.39. The van der Waals surface area contributed by atoms with Gasteiger partial charge in [-0.25, -0.2) is 9.78 Å². The Morgan fingerprint density at radius 2 is 2.00 bits per heavy atom. The second-order valence-corrected chi connectivity index (χ2v) is 5.39. The van der Waals surface area contributed by atoms with Gasteiger partial charge in [0.05, 0.1) is 23.8 Å². The van der Waals surface area contributed by atoms with Gasteiger partial charge in [-0.05, 0) is 31.7 Å². The molecular weight excluding hydrogens is 282 g/mol. The quantitative estimate of drug-likeness (QED) is 0.910. The third kappa shape index (κ3) is 3.75. The molecule has 2 amide bonds. The molecule has 0 aliphatic heterocycles.